The van der Waals surface area contributed by atoms with Crippen molar-refractivity contribution in [3.8, 4) is 11.5 Å². The van der Waals surface area contributed by atoms with E-state index in [1.165, 1.54) is 6.42 Å². The highest BCUT2D eigenvalue weighted by molar-refractivity contribution is 5.98. The summed E-state index contributed by atoms with van der Waals surface area (Å²) in [5, 5.41) is 0. The van der Waals surface area contributed by atoms with Crippen LogP contribution in [-0.4, -0.2) is 12.9 Å². The van der Waals surface area contributed by atoms with Gasteiger partial charge >= 0.3 is 0 Å². The van der Waals surface area contributed by atoms with Gasteiger partial charge in [0, 0.05) is 11.5 Å². The molecular formula is C21H24O3. The molecular weight excluding hydrogens is 300 g/mol. The van der Waals surface area contributed by atoms with Crippen LogP contribution in [0.1, 0.15) is 48.0 Å². The molecule has 0 unspecified atom stereocenters. The first-order valence-corrected chi connectivity index (χ1v) is 8.67. The zero-order valence-corrected chi connectivity index (χ0v) is 14.2. The Kier molecular flexibility index (Phi) is 5.52. The fraction of sp³-hybridized carbons (Fsp3) is 0.381. The van der Waals surface area contributed by atoms with E-state index in [0.717, 1.165) is 36.8 Å². The second-order valence-corrected chi connectivity index (χ2v) is 6.34. The molecule has 0 saturated heterocycles. The molecule has 1 aliphatic carbocycles. The normalized spacial score (nSPS) is 15.0. The third-order valence-electron chi connectivity index (χ3n) is 4.66. The summed E-state index contributed by atoms with van der Waals surface area (Å²) < 4.78 is 11.3. The lowest BCUT2D eigenvalue weighted by molar-refractivity contribution is 0.0889. The predicted octanol–water partition coefficient (Wildman–Crippen LogP) is 5.04. The number of carbonyl (C=O) groups is 1. The van der Waals surface area contributed by atoms with E-state index in [0.29, 0.717) is 18.1 Å². The second-order valence-electron chi connectivity index (χ2n) is 6.34. The molecule has 126 valence electrons. The van der Waals surface area contributed by atoms with Gasteiger partial charge in [-0.15, -0.1) is 0 Å². The van der Waals surface area contributed by atoms with Crippen LogP contribution in [-0.2, 0) is 6.61 Å². The van der Waals surface area contributed by atoms with Gasteiger partial charge in [-0.3, -0.25) is 4.79 Å². The van der Waals surface area contributed by atoms with Crippen LogP contribution in [0.5, 0.6) is 11.5 Å². The SMILES string of the molecule is COc1cc(C(=O)C2CCCCC2)ccc1OCc1ccccc1. The zero-order chi connectivity index (χ0) is 16.8. The molecule has 0 atom stereocenters. The van der Waals surface area contributed by atoms with E-state index in [9.17, 15) is 4.79 Å². The third-order valence-corrected chi connectivity index (χ3v) is 4.66. The third kappa shape index (κ3) is 3.97. The van der Waals surface area contributed by atoms with Crippen molar-refractivity contribution < 1.29 is 14.3 Å². The first kappa shape index (κ1) is 16.6. The number of Topliss-reactive ketones (excluding diaryl/α,β-unsaturated/α-hetero) is 1. The average Bonchev–Trinajstić information content (AvgIpc) is 2.67. The molecule has 3 nitrogen and oxygen atoms in total. The smallest absolute Gasteiger partial charge is 0.166 e. The predicted molar refractivity (Wildman–Crippen MR) is 94.7 cm³/mol. The molecule has 3 heteroatoms. The lowest BCUT2D eigenvalue weighted by Gasteiger charge is -2.20. The Balaban J connectivity index is 1.71. The van der Waals surface area contributed by atoms with Gasteiger partial charge in [0.1, 0.15) is 6.61 Å². The molecule has 2 aromatic rings. The number of hydrogen-bond acceptors (Lipinski definition) is 3. The van der Waals surface area contributed by atoms with Gasteiger partial charge in [0.05, 0.1) is 7.11 Å². The van der Waals surface area contributed by atoms with Crippen molar-refractivity contribution in [3.63, 3.8) is 0 Å². The number of rotatable bonds is 6. The number of ketones is 1. The fourth-order valence-electron chi connectivity index (χ4n) is 3.28. The Morgan fingerprint density at radius 2 is 1.75 bits per heavy atom. The van der Waals surface area contributed by atoms with Crippen LogP contribution in [0.3, 0.4) is 0 Å². The molecule has 24 heavy (non-hydrogen) atoms. The largest absolute Gasteiger partial charge is 0.493 e. The van der Waals surface area contributed by atoms with Crippen molar-refractivity contribution in [3.05, 3.63) is 59.7 Å². The minimum Gasteiger partial charge on any atom is -0.493 e. The van der Waals surface area contributed by atoms with Gasteiger partial charge < -0.3 is 9.47 Å². The highest BCUT2D eigenvalue weighted by Crippen LogP contribution is 2.32. The molecule has 1 fully saturated rings. The lowest BCUT2D eigenvalue weighted by Crippen LogP contribution is -2.17. The molecule has 0 bridgehead atoms. The molecule has 0 heterocycles. The molecule has 0 aromatic heterocycles. The van der Waals surface area contributed by atoms with Gasteiger partial charge in [0.2, 0.25) is 0 Å². The summed E-state index contributed by atoms with van der Waals surface area (Å²) in [4.78, 5) is 12.7. The van der Waals surface area contributed by atoms with E-state index in [1.54, 1.807) is 7.11 Å². The summed E-state index contributed by atoms with van der Waals surface area (Å²) in [5.41, 5.74) is 1.83. The van der Waals surface area contributed by atoms with Crippen LogP contribution in [0.2, 0.25) is 0 Å². The summed E-state index contributed by atoms with van der Waals surface area (Å²) in [6.07, 6.45) is 5.58. The average molecular weight is 324 g/mol. The Morgan fingerprint density at radius 3 is 2.46 bits per heavy atom. The van der Waals surface area contributed by atoms with Crippen LogP contribution >= 0.6 is 0 Å². The van der Waals surface area contributed by atoms with E-state index in [-0.39, 0.29) is 11.7 Å². The van der Waals surface area contributed by atoms with Crippen molar-refractivity contribution >= 4 is 5.78 Å². The van der Waals surface area contributed by atoms with Crippen molar-refractivity contribution in [1.82, 2.24) is 0 Å². The number of carbonyl (C=O) groups excluding carboxylic acids is 1. The number of hydrogen-bond donors (Lipinski definition) is 0. The molecule has 0 amide bonds. The molecule has 0 N–H and O–H groups in total. The number of benzene rings is 2. The number of ether oxygens (including phenoxy) is 2. The first-order valence-electron chi connectivity index (χ1n) is 8.67. The Bertz CT molecular complexity index is 673. The fourth-order valence-corrected chi connectivity index (χ4v) is 3.28. The van der Waals surface area contributed by atoms with Gasteiger partial charge in [-0.2, -0.15) is 0 Å². The minimum absolute atomic E-state index is 0.166. The molecule has 0 spiro atoms. The van der Waals surface area contributed by atoms with Crippen molar-refractivity contribution in [2.75, 3.05) is 7.11 Å². The van der Waals surface area contributed by atoms with Crippen LogP contribution in [0.15, 0.2) is 48.5 Å². The van der Waals surface area contributed by atoms with Crippen LogP contribution in [0, 0.1) is 5.92 Å². The maximum Gasteiger partial charge on any atom is 0.166 e. The Hall–Kier alpha value is -2.29. The summed E-state index contributed by atoms with van der Waals surface area (Å²) >= 11 is 0. The minimum atomic E-state index is 0.166. The van der Waals surface area contributed by atoms with E-state index >= 15 is 0 Å². The summed E-state index contributed by atoms with van der Waals surface area (Å²) in [6, 6.07) is 15.5. The summed E-state index contributed by atoms with van der Waals surface area (Å²) in [7, 11) is 1.61. The Morgan fingerprint density at radius 1 is 1.00 bits per heavy atom. The van der Waals surface area contributed by atoms with Crippen LogP contribution in [0.4, 0.5) is 0 Å². The topological polar surface area (TPSA) is 35.5 Å². The van der Waals surface area contributed by atoms with E-state index in [4.69, 9.17) is 9.47 Å². The number of methoxy groups -OCH3 is 1. The van der Waals surface area contributed by atoms with Crippen molar-refractivity contribution in [2.24, 2.45) is 5.92 Å². The highest BCUT2D eigenvalue weighted by Gasteiger charge is 2.23. The molecule has 1 saturated carbocycles. The molecule has 2 aromatic carbocycles. The quantitative estimate of drug-likeness (QED) is 0.699. The Labute approximate surface area is 143 Å². The van der Waals surface area contributed by atoms with Gasteiger partial charge in [-0.05, 0) is 36.6 Å². The molecule has 0 aliphatic heterocycles. The van der Waals surface area contributed by atoms with Crippen molar-refractivity contribution in [2.45, 2.75) is 38.7 Å². The van der Waals surface area contributed by atoms with Crippen LogP contribution in [0.25, 0.3) is 0 Å². The first-order chi connectivity index (χ1) is 11.8. The van der Waals surface area contributed by atoms with E-state index < -0.39 is 0 Å². The van der Waals surface area contributed by atoms with E-state index in [2.05, 4.69) is 0 Å². The van der Waals surface area contributed by atoms with Gasteiger partial charge in [-0.25, -0.2) is 0 Å². The second kappa shape index (κ2) is 8.00. The molecule has 3 rings (SSSR count). The van der Waals surface area contributed by atoms with Gasteiger partial charge in [0.25, 0.3) is 0 Å². The maximum absolute atomic E-state index is 12.7. The lowest BCUT2D eigenvalue weighted by atomic mass is 9.84. The zero-order valence-electron chi connectivity index (χ0n) is 14.2. The van der Waals surface area contributed by atoms with Gasteiger partial charge in [0.15, 0.2) is 17.3 Å². The summed E-state index contributed by atoms with van der Waals surface area (Å²) in [5.74, 6) is 1.69. The maximum atomic E-state index is 12.7. The molecule has 0 radical (unpaired) electrons. The highest BCUT2D eigenvalue weighted by atomic mass is 16.5. The van der Waals surface area contributed by atoms with E-state index in [1.807, 2.05) is 48.5 Å². The summed E-state index contributed by atoms with van der Waals surface area (Å²) in [6.45, 7) is 0.479. The van der Waals surface area contributed by atoms with Gasteiger partial charge in [-0.1, -0.05) is 49.6 Å². The molecule has 1 aliphatic rings. The van der Waals surface area contributed by atoms with Crippen molar-refractivity contribution in [1.29, 1.82) is 0 Å². The standard InChI is InChI=1S/C21H24O3/c1-23-20-14-18(21(22)17-10-6-3-7-11-17)12-13-19(20)24-15-16-8-4-2-5-9-16/h2,4-5,8-9,12-14,17H,3,6-7,10-11,15H2,1H3. The monoisotopic (exact) mass is 324 g/mol. The van der Waals surface area contributed by atoms with Crippen LogP contribution < -0.4 is 9.47 Å².